The molecule has 0 radical (unpaired) electrons. The van der Waals surface area contributed by atoms with Gasteiger partial charge in [-0.15, -0.1) is 5.10 Å². The van der Waals surface area contributed by atoms with Crippen LogP contribution in [0.4, 0.5) is 0 Å². The number of ether oxygens (including phenoxy) is 1. The third-order valence-electron chi connectivity index (χ3n) is 3.31. The Morgan fingerprint density at radius 1 is 1.40 bits per heavy atom. The lowest BCUT2D eigenvalue weighted by Crippen LogP contribution is -2.25. The van der Waals surface area contributed by atoms with Crippen molar-refractivity contribution in [3.05, 3.63) is 36.2 Å². The van der Waals surface area contributed by atoms with Gasteiger partial charge in [0, 0.05) is 6.54 Å². The molecule has 104 valence electrons. The van der Waals surface area contributed by atoms with Crippen LogP contribution in [-0.2, 0) is 0 Å². The molecule has 0 atom stereocenters. The minimum Gasteiger partial charge on any atom is -0.497 e. The van der Waals surface area contributed by atoms with Gasteiger partial charge < -0.3 is 10.1 Å². The van der Waals surface area contributed by atoms with Crippen LogP contribution in [0.5, 0.6) is 5.75 Å². The molecule has 20 heavy (non-hydrogen) atoms. The molecule has 1 aromatic heterocycles. The van der Waals surface area contributed by atoms with Gasteiger partial charge in [0.05, 0.1) is 19.0 Å². The minimum atomic E-state index is -0.170. The number of aromatic nitrogens is 3. The number of carbonyl (C=O) groups excluding carboxylic acids is 1. The molecule has 0 aliphatic heterocycles. The van der Waals surface area contributed by atoms with Crippen molar-refractivity contribution >= 4 is 5.91 Å². The van der Waals surface area contributed by atoms with Crippen molar-refractivity contribution in [3.8, 4) is 11.4 Å². The van der Waals surface area contributed by atoms with Crippen LogP contribution >= 0.6 is 0 Å². The molecule has 1 heterocycles. The molecule has 0 unspecified atom stereocenters. The average Bonchev–Trinajstić information content (AvgIpc) is 3.19. The molecule has 1 aliphatic carbocycles. The first kappa shape index (κ1) is 12.7. The third kappa shape index (κ3) is 2.79. The van der Waals surface area contributed by atoms with E-state index in [9.17, 15) is 4.79 Å². The lowest BCUT2D eigenvalue weighted by Gasteiger charge is -2.02. The van der Waals surface area contributed by atoms with Crippen LogP contribution in [0.1, 0.15) is 23.3 Å². The van der Waals surface area contributed by atoms with Gasteiger partial charge in [0.15, 0.2) is 5.69 Å². The predicted octanol–water partition coefficient (Wildman–Crippen LogP) is 1.42. The summed E-state index contributed by atoms with van der Waals surface area (Å²) in [4.78, 5) is 11.9. The molecule has 1 aromatic carbocycles. The first-order valence-corrected chi connectivity index (χ1v) is 6.61. The number of rotatable bonds is 5. The van der Waals surface area contributed by atoms with Crippen molar-refractivity contribution in [2.24, 2.45) is 5.92 Å². The highest BCUT2D eigenvalue weighted by Crippen LogP contribution is 2.27. The Hall–Kier alpha value is -2.37. The first-order valence-electron chi connectivity index (χ1n) is 6.61. The predicted molar refractivity (Wildman–Crippen MR) is 73.0 cm³/mol. The Kier molecular flexibility index (Phi) is 3.37. The van der Waals surface area contributed by atoms with Crippen molar-refractivity contribution in [3.63, 3.8) is 0 Å². The van der Waals surface area contributed by atoms with Gasteiger partial charge >= 0.3 is 0 Å². The quantitative estimate of drug-likeness (QED) is 0.893. The van der Waals surface area contributed by atoms with E-state index in [1.54, 1.807) is 18.0 Å². The van der Waals surface area contributed by atoms with Gasteiger partial charge in [-0.2, -0.15) is 0 Å². The lowest BCUT2D eigenvalue weighted by atomic mass is 10.3. The molecule has 1 fully saturated rings. The minimum absolute atomic E-state index is 0.170. The molecule has 0 saturated heterocycles. The van der Waals surface area contributed by atoms with Crippen LogP contribution in [0.25, 0.3) is 5.69 Å². The molecular formula is C14H16N4O2. The molecule has 1 N–H and O–H groups in total. The van der Waals surface area contributed by atoms with Gasteiger partial charge in [0.1, 0.15) is 5.75 Å². The maximum atomic E-state index is 11.9. The van der Waals surface area contributed by atoms with Crippen LogP contribution in [0, 0.1) is 5.92 Å². The van der Waals surface area contributed by atoms with Crippen LogP contribution in [0.15, 0.2) is 30.5 Å². The molecule has 1 saturated carbocycles. The van der Waals surface area contributed by atoms with E-state index >= 15 is 0 Å². The molecule has 2 aromatic rings. The molecule has 6 nitrogen and oxygen atoms in total. The summed E-state index contributed by atoms with van der Waals surface area (Å²) in [6.45, 7) is 0.730. The summed E-state index contributed by atoms with van der Waals surface area (Å²) >= 11 is 0. The summed E-state index contributed by atoms with van der Waals surface area (Å²) in [5.74, 6) is 1.25. The SMILES string of the molecule is COc1ccc(-n2cc(C(=O)NCC3CC3)nn2)cc1. The highest BCUT2D eigenvalue weighted by atomic mass is 16.5. The Bertz CT molecular complexity index is 602. The molecule has 6 heteroatoms. The number of nitrogens with one attached hydrogen (secondary N) is 1. The topological polar surface area (TPSA) is 69.0 Å². The largest absolute Gasteiger partial charge is 0.497 e. The number of hydrogen-bond donors (Lipinski definition) is 1. The lowest BCUT2D eigenvalue weighted by molar-refractivity contribution is 0.0946. The number of methoxy groups -OCH3 is 1. The zero-order valence-electron chi connectivity index (χ0n) is 11.2. The second-order valence-corrected chi connectivity index (χ2v) is 4.90. The fraction of sp³-hybridized carbons (Fsp3) is 0.357. The maximum absolute atomic E-state index is 11.9. The summed E-state index contributed by atoms with van der Waals surface area (Å²) < 4.78 is 6.67. The van der Waals surface area contributed by atoms with E-state index in [1.807, 2.05) is 24.3 Å². The number of nitrogens with zero attached hydrogens (tertiary/aromatic N) is 3. The molecule has 1 aliphatic rings. The number of amides is 1. The van der Waals surface area contributed by atoms with Crippen LogP contribution in [-0.4, -0.2) is 34.6 Å². The first-order chi connectivity index (χ1) is 9.76. The maximum Gasteiger partial charge on any atom is 0.273 e. The van der Waals surface area contributed by atoms with Gasteiger partial charge in [-0.1, -0.05) is 5.21 Å². The van der Waals surface area contributed by atoms with E-state index in [-0.39, 0.29) is 5.91 Å². The summed E-state index contributed by atoms with van der Waals surface area (Å²) in [5.41, 5.74) is 1.17. The monoisotopic (exact) mass is 272 g/mol. The fourth-order valence-corrected chi connectivity index (χ4v) is 1.88. The van der Waals surface area contributed by atoms with Crippen LogP contribution in [0.2, 0.25) is 0 Å². The van der Waals surface area contributed by atoms with Gasteiger partial charge in [0.2, 0.25) is 0 Å². The fourth-order valence-electron chi connectivity index (χ4n) is 1.88. The molecule has 0 bridgehead atoms. The Balaban J connectivity index is 1.69. The molecule has 3 rings (SSSR count). The van der Waals surface area contributed by atoms with Gasteiger partial charge in [-0.3, -0.25) is 4.79 Å². The van der Waals surface area contributed by atoms with E-state index in [0.717, 1.165) is 18.0 Å². The summed E-state index contributed by atoms with van der Waals surface area (Å²) in [7, 11) is 1.62. The van der Waals surface area contributed by atoms with E-state index < -0.39 is 0 Å². The van der Waals surface area contributed by atoms with Crippen molar-refractivity contribution in [2.75, 3.05) is 13.7 Å². The van der Waals surface area contributed by atoms with Crippen molar-refractivity contribution < 1.29 is 9.53 Å². The van der Waals surface area contributed by atoms with Crippen LogP contribution < -0.4 is 10.1 Å². The van der Waals surface area contributed by atoms with Crippen molar-refractivity contribution in [2.45, 2.75) is 12.8 Å². The van der Waals surface area contributed by atoms with E-state index in [2.05, 4.69) is 15.6 Å². The standard InChI is InChI=1S/C14H16N4O2/c1-20-12-6-4-11(5-7-12)18-9-13(16-17-18)14(19)15-8-10-2-3-10/h4-7,9-10H,2-3,8H2,1H3,(H,15,19). The van der Waals surface area contributed by atoms with Gasteiger partial charge in [-0.25, -0.2) is 4.68 Å². The van der Waals surface area contributed by atoms with Crippen molar-refractivity contribution in [1.82, 2.24) is 20.3 Å². The Morgan fingerprint density at radius 3 is 2.80 bits per heavy atom. The van der Waals surface area contributed by atoms with E-state index in [0.29, 0.717) is 11.6 Å². The Labute approximate surface area is 116 Å². The van der Waals surface area contributed by atoms with Crippen molar-refractivity contribution in [1.29, 1.82) is 0 Å². The number of carbonyl (C=O) groups is 1. The number of hydrogen-bond acceptors (Lipinski definition) is 4. The van der Waals surface area contributed by atoms with Crippen LogP contribution in [0.3, 0.4) is 0 Å². The second-order valence-electron chi connectivity index (χ2n) is 4.90. The smallest absolute Gasteiger partial charge is 0.273 e. The highest BCUT2D eigenvalue weighted by Gasteiger charge is 2.22. The normalized spacial score (nSPS) is 14.1. The van der Waals surface area contributed by atoms with Gasteiger partial charge in [-0.05, 0) is 43.0 Å². The van der Waals surface area contributed by atoms with Gasteiger partial charge in [0.25, 0.3) is 5.91 Å². The average molecular weight is 272 g/mol. The number of benzene rings is 1. The zero-order valence-corrected chi connectivity index (χ0v) is 11.2. The summed E-state index contributed by atoms with van der Waals surface area (Å²) in [6.07, 6.45) is 4.04. The zero-order chi connectivity index (χ0) is 13.9. The third-order valence-corrected chi connectivity index (χ3v) is 3.31. The highest BCUT2D eigenvalue weighted by molar-refractivity contribution is 5.91. The molecule has 1 amide bonds. The molecular weight excluding hydrogens is 256 g/mol. The van der Waals surface area contributed by atoms with E-state index in [1.165, 1.54) is 12.8 Å². The second kappa shape index (κ2) is 5.32. The Morgan fingerprint density at radius 2 is 2.15 bits per heavy atom. The molecule has 0 spiro atoms. The summed E-state index contributed by atoms with van der Waals surface area (Å²) in [5, 5.41) is 10.7. The summed E-state index contributed by atoms with van der Waals surface area (Å²) in [6, 6.07) is 7.40. The van der Waals surface area contributed by atoms with E-state index in [4.69, 9.17) is 4.74 Å².